The second-order valence-corrected chi connectivity index (χ2v) is 3.58. The van der Waals surface area contributed by atoms with Crippen LogP contribution in [-0.2, 0) is 6.42 Å². The predicted molar refractivity (Wildman–Crippen MR) is 58.0 cm³/mol. The van der Waals surface area contributed by atoms with Crippen molar-refractivity contribution in [1.29, 1.82) is 0 Å². The van der Waals surface area contributed by atoms with Gasteiger partial charge in [0.05, 0.1) is 4.92 Å². The molecule has 0 heterocycles. The van der Waals surface area contributed by atoms with Gasteiger partial charge in [-0.05, 0) is 12.0 Å². The molecule has 0 aliphatic heterocycles. The number of nitro benzene ring substituents is 1. The molecule has 4 nitrogen and oxygen atoms in total. The van der Waals surface area contributed by atoms with Crippen LogP contribution in [-0.4, -0.2) is 16.6 Å². The molecule has 1 atom stereocenters. The smallest absolute Gasteiger partial charge is 0.272 e. The summed E-state index contributed by atoms with van der Waals surface area (Å²) in [7, 11) is 0. The Balaban J connectivity index is 3.16. The van der Waals surface area contributed by atoms with E-state index in [2.05, 4.69) is 0 Å². The second-order valence-electron chi connectivity index (χ2n) is 3.58. The summed E-state index contributed by atoms with van der Waals surface area (Å²) in [6, 6.07) is 5.16. The highest BCUT2D eigenvalue weighted by Gasteiger charge is 2.15. The second kappa shape index (κ2) is 4.89. The molecule has 1 unspecified atom stereocenters. The lowest BCUT2D eigenvalue weighted by molar-refractivity contribution is -0.385. The number of aryl methyl sites for hydroxylation is 1. The molecule has 15 heavy (non-hydrogen) atoms. The van der Waals surface area contributed by atoms with Gasteiger partial charge in [-0.1, -0.05) is 26.0 Å². The average Bonchev–Trinajstić information content (AvgIpc) is 2.27. The fourth-order valence-corrected chi connectivity index (χ4v) is 1.46. The van der Waals surface area contributed by atoms with E-state index >= 15 is 0 Å². The Morgan fingerprint density at radius 2 is 2.20 bits per heavy atom. The Morgan fingerprint density at radius 3 is 2.67 bits per heavy atom. The van der Waals surface area contributed by atoms with Gasteiger partial charge in [0.2, 0.25) is 0 Å². The zero-order chi connectivity index (χ0) is 11.4. The first-order chi connectivity index (χ1) is 7.10. The summed E-state index contributed by atoms with van der Waals surface area (Å²) < 4.78 is 0. The Morgan fingerprint density at radius 1 is 1.53 bits per heavy atom. The Labute approximate surface area is 88.7 Å². The van der Waals surface area contributed by atoms with Gasteiger partial charge < -0.3 is 5.11 Å². The van der Waals surface area contributed by atoms with Gasteiger partial charge in [0.25, 0.3) is 5.69 Å². The highest BCUT2D eigenvalue weighted by atomic mass is 16.6. The van der Waals surface area contributed by atoms with Gasteiger partial charge in [-0.3, -0.25) is 10.1 Å². The number of aliphatic hydroxyl groups is 1. The molecule has 0 aliphatic rings. The quantitative estimate of drug-likeness (QED) is 0.611. The maximum atomic E-state index is 10.8. The standard InChI is InChI=1S/C11H15NO3/c1-3-9-4-5-10(8(2)7-13)6-11(9)12(14)15/h4-6,8,13H,3,7H2,1-2H3. The fourth-order valence-electron chi connectivity index (χ4n) is 1.46. The van der Waals surface area contributed by atoms with E-state index in [1.54, 1.807) is 12.1 Å². The molecule has 1 aromatic rings. The molecular weight excluding hydrogens is 194 g/mol. The molecule has 4 heteroatoms. The van der Waals surface area contributed by atoms with E-state index in [1.807, 2.05) is 19.9 Å². The number of hydrogen-bond acceptors (Lipinski definition) is 3. The van der Waals surface area contributed by atoms with Crippen LogP contribution in [0.3, 0.4) is 0 Å². The van der Waals surface area contributed by atoms with Crippen LogP contribution in [0, 0.1) is 10.1 Å². The zero-order valence-electron chi connectivity index (χ0n) is 8.93. The van der Waals surface area contributed by atoms with Crippen molar-refractivity contribution in [2.24, 2.45) is 0 Å². The average molecular weight is 209 g/mol. The molecule has 0 spiro atoms. The molecule has 0 fully saturated rings. The van der Waals surface area contributed by atoms with Crippen molar-refractivity contribution in [3.8, 4) is 0 Å². The minimum atomic E-state index is -0.369. The van der Waals surface area contributed by atoms with Crippen molar-refractivity contribution < 1.29 is 10.0 Å². The van der Waals surface area contributed by atoms with Gasteiger partial charge in [-0.25, -0.2) is 0 Å². The maximum Gasteiger partial charge on any atom is 0.272 e. The molecule has 0 bridgehead atoms. The van der Waals surface area contributed by atoms with E-state index < -0.39 is 0 Å². The highest BCUT2D eigenvalue weighted by molar-refractivity contribution is 5.44. The third-order valence-corrected chi connectivity index (χ3v) is 2.53. The largest absolute Gasteiger partial charge is 0.396 e. The van der Waals surface area contributed by atoms with Gasteiger partial charge in [-0.15, -0.1) is 0 Å². The van der Waals surface area contributed by atoms with Crippen LogP contribution in [0.4, 0.5) is 5.69 Å². The molecule has 0 saturated heterocycles. The summed E-state index contributed by atoms with van der Waals surface area (Å²) in [6.07, 6.45) is 0.643. The minimum Gasteiger partial charge on any atom is -0.396 e. The lowest BCUT2D eigenvalue weighted by Crippen LogP contribution is -2.01. The summed E-state index contributed by atoms with van der Waals surface area (Å²) in [5, 5.41) is 19.8. The van der Waals surface area contributed by atoms with Crippen LogP contribution in [0.2, 0.25) is 0 Å². The first-order valence-electron chi connectivity index (χ1n) is 4.98. The molecule has 1 aromatic carbocycles. The first-order valence-corrected chi connectivity index (χ1v) is 4.98. The van der Waals surface area contributed by atoms with Gasteiger partial charge in [0.1, 0.15) is 0 Å². The number of aliphatic hydroxyl groups excluding tert-OH is 1. The van der Waals surface area contributed by atoms with Crippen molar-refractivity contribution >= 4 is 5.69 Å². The van der Waals surface area contributed by atoms with Crippen LogP contribution >= 0.6 is 0 Å². The number of benzene rings is 1. The molecule has 0 saturated carbocycles. The Kier molecular flexibility index (Phi) is 3.80. The molecule has 0 aliphatic carbocycles. The highest BCUT2D eigenvalue weighted by Crippen LogP contribution is 2.24. The monoisotopic (exact) mass is 209 g/mol. The number of rotatable bonds is 4. The molecule has 82 valence electrons. The third-order valence-electron chi connectivity index (χ3n) is 2.53. The molecular formula is C11H15NO3. The van der Waals surface area contributed by atoms with Crippen LogP contribution in [0.15, 0.2) is 18.2 Å². The molecule has 0 amide bonds. The number of nitro groups is 1. The van der Waals surface area contributed by atoms with Crippen molar-refractivity contribution in [2.75, 3.05) is 6.61 Å². The topological polar surface area (TPSA) is 63.4 Å². The van der Waals surface area contributed by atoms with Crippen LogP contribution in [0.25, 0.3) is 0 Å². The van der Waals surface area contributed by atoms with Gasteiger partial charge in [0.15, 0.2) is 0 Å². The van der Waals surface area contributed by atoms with Crippen LogP contribution in [0.1, 0.15) is 30.9 Å². The van der Waals surface area contributed by atoms with Crippen LogP contribution in [0.5, 0.6) is 0 Å². The summed E-state index contributed by atoms with van der Waals surface area (Å²) >= 11 is 0. The zero-order valence-corrected chi connectivity index (χ0v) is 8.93. The number of nitrogens with zero attached hydrogens (tertiary/aromatic N) is 1. The van der Waals surface area contributed by atoms with Gasteiger partial charge >= 0.3 is 0 Å². The lowest BCUT2D eigenvalue weighted by Gasteiger charge is -2.09. The van der Waals surface area contributed by atoms with E-state index in [1.165, 1.54) is 0 Å². The van der Waals surface area contributed by atoms with E-state index in [-0.39, 0.29) is 23.1 Å². The summed E-state index contributed by atoms with van der Waals surface area (Å²) in [5.74, 6) is -0.0605. The lowest BCUT2D eigenvalue weighted by atomic mass is 9.98. The van der Waals surface area contributed by atoms with Crippen LogP contribution < -0.4 is 0 Å². The summed E-state index contributed by atoms with van der Waals surface area (Å²) in [5.41, 5.74) is 1.69. The number of hydrogen-bond donors (Lipinski definition) is 1. The predicted octanol–water partition coefficient (Wildman–Crippen LogP) is 2.25. The minimum absolute atomic E-state index is 0.00261. The SMILES string of the molecule is CCc1ccc(C(C)CO)cc1[N+](=O)[O-]. The van der Waals surface area contributed by atoms with E-state index in [9.17, 15) is 10.1 Å². The summed E-state index contributed by atoms with van der Waals surface area (Å²) in [4.78, 5) is 10.4. The first kappa shape index (κ1) is 11.7. The molecule has 1 N–H and O–H groups in total. The summed E-state index contributed by atoms with van der Waals surface area (Å²) in [6.45, 7) is 3.73. The Hall–Kier alpha value is -1.42. The van der Waals surface area contributed by atoms with E-state index in [4.69, 9.17) is 5.11 Å². The van der Waals surface area contributed by atoms with Gasteiger partial charge in [0, 0.05) is 24.2 Å². The fraction of sp³-hybridized carbons (Fsp3) is 0.455. The van der Waals surface area contributed by atoms with E-state index in [0.717, 1.165) is 11.1 Å². The Bertz CT molecular complexity index is 363. The third kappa shape index (κ3) is 2.53. The van der Waals surface area contributed by atoms with E-state index in [0.29, 0.717) is 6.42 Å². The molecule has 0 aromatic heterocycles. The molecule has 1 rings (SSSR count). The van der Waals surface area contributed by atoms with Crippen molar-refractivity contribution in [2.45, 2.75) is 26.2 Å². The maximum absolute atomic E-state index is 10.8. The normalized spacial score (nSPS) is 12.5. The van der Waals surface area contributed by atoms with Crippen molar-refractivity contribution in [3.05, 3.63) is 39.4 Å². The van der Waals surface area contributed by atoms with Crippen molar-refractivity contribution in [1.82, 2.24) is 0 Å². The molecule has 0 radical (unpaired) electrons. The van der Waals surface area contributed by atoms with Crippen molar-refractivity contribution in [3.63, 3.8) is 0 Å². The van der Waals surface area contributed by atoms with Gasteiger partial charge in [-0.2, -0.15) is 0 Å².